The lowest BCUT2D eigenvalue weighted by Gasteiger charge is -2.05. The van der Waals surface area contributed by atoms with Gasteiger partial charge in [0, 0.05) is 0 Å². The zero-order chi connectivity index (χ0) is 17.0. The van der Waals surface area contributed by atoms with Gasteiger partial charge in [0.2, 0.25) is 0 Å². The summed E-state index contributed by atoms with van der Waals surface area (Å²) in [6.45, 7) is 3.56. The van der Waals surface area contributed by atoms with Crippen molar-refractivity contribution in [3.63, 3.8) is 0 Å². The van der Waals surface area contributed by atoms with Crippen LogP contribution in [-0.2, 0) is 24.8 Å². The fraction of sp³-hybridized carbons (Fsp3) is 0.429. The number of carbonyl (C=O) groups excluding carboxylic acids is 3. The fourth-order valence-corrected chi connectivity index (χ4v) is 3.78. The molecule has 0 saturated heterocycles. The van der Waals surface area contributed by atoms with E-state index in [1.807, 2.05) is 0 Å². The molecule has 1 atom stereocenters. The van der Waals surface area contributed by atoms with E-state index in [0.717, 1.165) is 11.8 Å². The minimum Gasteiger partial charge on any atom is -0.465 e. The number of esters is 2. The Labute approximate surface area is 141 Å². The maximum atomic E-state index is 11.7. The maximum Gasteiger partial charge on any atom is 0.341 e. The lowest BCUT2D eigenvalue weighted by Crippen LogP contribution is -2.24. The zero-order valence-electron chi connectivity index (χ0n) is 12.8. The molecular formula is C14H15NO6S2. The lowest BCUT2D eigenvalue weighted by atomic mass is 10.2. The van der Waals surface area contributed by atoms with Gasteiger partial charge in [-0.3, -0.25) is 9.59 Å². The molecular weight excluding hydrogens is 342 g/mol. The van der Waals surface area contributed by atoms with E-state index in [1.165, 1.54) is 18.9 Å². The second kappa shape index (κ2) is 7.69. The van der Waals surface area contributed by atoms with Gasteiger partial charge in [-0.05, 0) is 19.9 Å². The van der Waals surface area contributed by atoms with Crippen molar-refractivity contribution in [1.82, 2.24) is 0 Å². The molecule has 1 aliphatic rings. The normalized spacial score (nSPS) is 17.1. The van der Waals surface area contributed by atoms with Crippen LogP contribution in [0.1, 0.15) is 28.8 Å². The van der Waals surface area contributed by atoms with Crippen molar-refractivity contribution in [1.29, 1.82) is 0 Å². The van der Waals surface area contributed by atoms with Crippen LogP contribution in [0.25, 0.3) is 0 Å². The first-order chi connectivity index (χ1) is 11.0. The summed E-state index contributed by atoms with van der Waals surface area (Å²) in [6, 6.07) is 1.60. The van der Waals surface area contributed by atoms with Gasteiger partial charge in [-0.2, -0.15) is 4.99 Å². The highest BCUT2D eigenvalue weighted by Gasteiger charge is 2.36. The molecule has 0 radical (unpaired) electrons. The quantitative estimate of drug-likeness (QED) is 0.584. The van der Waals surface area contributed by atoms with Crippen molar-refractivity contribution < 1.29 is 28.3 Å². The van der Waals surface area contributed by atoms with Crippen molar-refractivity contribution in [3.05, 3.63) is 23.2 Å². The number of rotatable bonds is 5. The molecule has 0 bridgehead atoms. The van der Waals surface area contributed by atoms with Gasteiger partial charge in [-0.25, -0.2) is 4.79 Å². The molecule has 0 aliphatic carbocycles. The van der Waals surface area contributed by atoms with E-state index in [-0.39, 0.29) is 6.61 Å². The molecule has 23 heavy (non-hydrogen) atoms. The number of hydrogen-bond acceptors (Lipinski definition) is 8. The number of furan rings is 1. The monoisotopic (exact) mass is 357 g/mol. The van der Waals surface area contributed by atoms with E-state index in [0.29, 0.717) is 27.2 Å². The molecule has 124 valence electrons. The molecule has 7 nitrogen and oxygen atoms in total. The Morgan fingerprint density at radius 3 is 2.87 bits per heavy atom. The summed E-state index contributed by atoms with van der Waals surface area (Å²) in [7, 11) is 1.30. The molecule has 0 N–H and O–H groups in total. The van der Waals surface area contributed by atoms with Crippen molar-refractivity contribution in [2.45, 2.75) is 24.9 Å². The van der Waals surface area contributed by atoms with Gasteiger partial charge in [0.15, 0.2) is 5.25 Å². The third-order valence-electron chi connectivity index (χ3n) is 2.86. The Bertz CT molecular complexity index is 666. The molecule has 1 aromatic rings. The number of ether oxygens (including phenoxy) is 2. The Morgan fingerprint density at radius 2 is 2.22 bits per heavy atom. The number of hydrogen-bond donors (Lipinski definition) is 0. The topological polar surface area (TPSA) is 95.2 Å². The third kappa shape index (κ3) is 4.17. The summed E-state index contributed by atoms with van der Waals surface area (Å²) in [5.41, 5.74) is 0.365. The number of amides is 1. The second-order valence-electron chi connectivity index (χ2n) is 4.43. The van der Waals surface area contributed by atoms with Crippen molar-refractivity contribution >= 4 is 45.7 Å². The van der Waals surface area contributed by atoms with Crippen molar-refractivity contribution in [2.75, 3.05) is 13.7 Å². The summed E-state index contributed by atoms with van der Waals surface area (Å²) in [5, 5.41) is -0.929. The highest BCUT2D eigenvalue weighted by atomic mass is 32.2. The number of nitrogens with zero attached hydrogens (tertiary/aromatic N) is 1. The summed E-state index contributed by atoms with van der Waals surface area (Å²) in [6.07, 6.45) is 0. The number of aryl methyl sites for hydroxylation is 1. The molecule has 0 fully saturated rings. The van der Waals surface area contributed by atoms with Gasteiger partial charge in [0.1, 0.15) is 21.5 Å². The Balaban J connectivity index is 1.95. The number of thioether (sulfide) groups is 2. The highest BCUT2D eigenvalue weighted by Crippen LogP contribution is 2.32. The minimum absolute atomic E-state index is 0.216. The Kier molecular flexibility index (Phi) is 5.89. The van der Waals surface area contributed by atoms with Gasteiger partial charge in [-0.1, -0.05) is 23.5 Å². The Morgan fingerprint density at radius 1 is 1.48 bits per heavy atom. The Hall–Kier alpha value is -1.74. The molecule has 0 saturated carbocycles. The van der Waals surface area contributed by atoms with E-state index in [9.17, 15) is 14.4 Å². The van der Waals surface area contributed by atoms with Crippen LogP contribution in [0.4, 0.5) is 0 Å². The summed E-state index contributed by atoms with van der Waals surface area (Å²) in [5.74, 6) is -0.151. The average Bonchev–Trinajstić information content (AvgIpc) is 3.07. The lowest BCUT2D eigenvalue weighted by molar-refractivity contribution is -0.144. The molecule has 1 amide bonds. The molecule has 0 spiro atoms. The van der Waals surface area contributed by atoms with Gasteiger partial charge >= 0.3 is 11.9 Å². The first kappa shape index (κ1) is 17.6. The summed E-state index contributed by atoms with van der Waals surface area (Å²) >= 11 is 2.32. The highest BCUT2D eigenvalue weighted by molar-refractivity contribution is 8.39. The fourth-order valence-electron chi connectivity index (χ4n) is 1.82. The van der Waals surface area contributed by atoms with Gasteiger partial charge in [0.25, 0.3) is 5.91 Å². The van der Waals surface area contributed by atoms with Crippen LogP contribution in [-0.4, -0.2) is 41.2 Å². The van der Waals surface area contributed by atoms with Crippen LogP contribution in [0.2, 0.25) is 0 Å². The molecule has 2 rings (SSSR count). The van der Waals surface area contributed by atoms with E-state index in [4.69, 9.17) is 9.15 Å². The van der Waals surface area contributed by atoms with Crippen LogP contribution >= 0.6 is 23.5 Å². The van der Waals surface area contributed by atoms with Crippen LogP contribution in [0.3, 0.4) is 0 Å². The predicted molar refractivity (Wildman–Crippen MR) is 86.5 cm³/mol. The SMILES string of the molecule is CCOC(=O)C1SC(SCc2cc(C(=O)OC)c(C)o2)=NC1=O. The summed E-state index contributed by atoms with van der Waals surface area (Å²) in [4.78, 5) is 38.7. The molecule has 2 heterocycles. The summed E-state index contributed by atoms with van der Waals surface area (Å²) < 4.78 is 15.4. The maximum absolute atomic E-state index is 11.7. The van der Waals surface area contributed by atoms with Gasteiger partial charge < -0.3 is 13.9 Å². The molecule has 1 aromatic heterocycles. The number of aliphatic imine (C=N–C) groups is 1. The molecule has 1 unspecified atom stereocenters. The zero-order valence-corrected chi connectivity index (χ0v) is 14.4. The van der Waals surface area contributed by atoms with Crippen LogP contribution in [0.5, 0.6) is 0 Å². The van der Waals surface area contributed by atoms with Crippen LogP contribution in [0.15, 0.2) is 15.5 Å². The average molecular weight is 357 g/mol. The van der Waals surface area contributed by atoms with E-state index < -0.39 is 23.1 Å². The first-order valence-electron chi connectivity index (χ1n) is 6.72. The van der Waals surface area contributed by atoms with Crippen molar-refractivity contribution in [3.8, 4) is 0 Å². The first-order valence-corrected chi connectivity index (χ1v) is 8.59. The largest absolute Gasteiger partial charge is 0.465 e. The number of carbonyl (C=O) groups is 3. The minimum atomic E-state index is -0.929. The standard InChI is InChI=1S/C14H15NO6S2/c1-4-20-13(18)10-11(16)15-14(23-10)22-6-8-5-9(7(2)21-8)12(17)19-3/h5,10H,4,6H2,1-3H3. The second-order valence-corrected chi connectivity index (χ2v) is 6.74. The molecule has 0 aromatic carbocycles. The molecule has 1 aliphatic heterocycles. The van der Waals surface area contributed by atoms with Crippen LogP contribution in [0, 0.1) is 6.92 Å². The van der Waals surface area contributed by atoms with Crippen LogP contribution < -0.4 is 0 Å². The predicted octanol–water partition coefficient (Wildman–Crippen LogP) is 2.17. The number of methoxy groups -OCH3 is 1. The van der Waals surface area contributed by atoms with E-state index in [2.05, 4.69) is 9.73 Å². The smallest absolute Gasteiger partial charge is 0.341 e. The third-order valence-corrected chi connectivity index (χ3v) is 5.19. The van der Waals surface area contributed by atoms with Gasteiger partial charge in [0.05, 0.1) is 19.5 Å². The van der Waals surface area contributed by atoms with Crippen molar-refractivity contribution in [2.24, 2.45) is 4.99 Å². The van der Waals surface area contributed by atoms with Gasteiger partial charge in [-0.15, -0.1) is 0 Å². The molecule has 9 heteroatoms. The van der Waals surface area contributed by atoms with E-state index >= 15 is 0 Å². The van der Waals surface area contributed by atoms with E-state index in [1.54, 1.807) is 19.9 Å².